The van der Waals surface area contributed by atoms with Crippen LogP contribution in [-0.4, -0.2) is 59.2 Å². The molecule has 2 saturated heterocycles. The van der Waals surface area contributed by atoms with Gasteiger partial charge in [-0.2, -0.15) is 5.10 Å². The van der Waals surface area contributed by atoms with Gasteiger partial charge in [0.1, 0.15) is 0 Å². The molecule has 7 heteroatoms. The molecule has 2 bridgehead atoms. The Morgan fingerprint density at radius 1 is 1.35 bits per heavy atom. The molecule has 3 aliphatic rings. The average Bonchev–Trinajstić information content (AvgIpc) is 3.06. The first-order chi connectivity index (χ1) is 9.65. The van der Waals surface area contributed by atoms with Crippen LogP contribution in [0.5, 0.6) is 0 Å². The Bertz CT molecular complexity index is 612. The van der Waals surface area contributed by atoms with Gasteiger partial charge < -0.3 is 0 Å². The fourth-order valence-corrected chi connectivity index (χ4v) is 5.53. The minimum absolute atomic E-state index is 0.325. The SMILES string of the molecule is O=S1(=O)CCCN1CCN1C2CCC1c1cn[nH]c1C2. The van der Waals surface area contributed by atoms with E-state index in [2.05, 4.69) is 15.1 Å². The van der Waals surface area contributed by atoms with Gasteiger partial charge in [0, 0.05) is 49.4 Å². The van der Waals surface area contributed by atoms with Crippen molar-refractivity contribution < 1.29 is 8.42 Å². The van der Waals surface area contributed by atoms with E-state index in [4.69, 9.17) is 0 Å². The van der Waals surface area contributed by atoms with Gasteiger partial charge in [0.15, 0.2) is 0 Å². The van der Waals surface area contributed by atoms with Gasteiger partial charge in [0.05, 0.1) is 11.9 Å². The van der Waals surface area contributed by atoms with Gasteiger partial charge in [-0.1, -0.05) is 0 Å². The van der Waals surface area contributed by atoms with E-state index in [1.165, 1.54) is 24.1 Å². The summed E-state index contributed by atoms with van der Waals surface area (Å²) in [6, 6.07) is 0.992. The van der Waals surface area contributed by atoms with E-state index in [0.717, 1.165) is 19.4 Å². The summed E-state index contributed by atoms with van der Waals surface area (Å²) in [4.78, 5) is 2.49. The highest BCUT2D eigenvalue weighted by Crippen LogP contribution is 2.42. The predicted octanol–water partition coefficient (Wildman–Crippen LogP) is 0.507. The number of hydrogen-bond acceptors (Lipinski definition) is 4. The van der Waals surface area contributed by atoms with Crippen LogP contribution in [0.25, 0.3) is 0 Å². The Labute approximate surface area is 119 Å². The third kappa shape index (κ3) is 1.91. The number of sulfonamides is 1. The van der Waals surface area contributed by atoms with Crippen LogP contribution in [-0.2, 0) is 16.4 Å². The largest absolute Gasteiger partial charge is 0.292 e. The standard InChI is InChI=1S/C13H20N4O2S/c18-20(19)7-1-4-16(20)5-6-17-10-2-3-13(17)11-9-14-15-12(11)8-10/h9-10,13H,1-8H2,(H,14,15). The van der Waals surface area contributed by atoms with Crippen LogP contribution < -0.4 is 0 Å². The van der Waals surface area contributed by atoms with Crippen LogP contribution in [0.1, 0.15) is 36.6 Å². The quantitative estimate of drug-likeness (QED) is 0.882. The van der Waals surface area contributed by atoms with Crippen molar-refractivity contribution in [1.29, 1.82) is 0 Å². The molecule has 2 fully saturated rings. The monoisotopic (exact) mass is 296 g/mol. The lowest BCUT2D eigenvalue weighted by atomic mass is 10.0. The smallest absolute Gasteiger partial charge is 0.214 e. The Kier molecular flexibility index (Phi) is 2.90. The minimum atomic E-state index is -2.96. The number of aromatic nitrogens is 2. The van der Waals surface area contributed by atoms with Crippen molar-refractivity contribution in [3.63, 3.8) is 0 Å². The first-order valence-corrected chi connectivity index (χ1v) is 9.02. The highest BCUT2D eigenvalue weighted by molar-refractivity contribution is 7.89. The maximum atomic E-state index is 11.9. The van der Waals surface area contributed by atoms with Crippen molar-refractivity contribution in [2.75, 3.05) is 25.4 Å². The second-order valence-electron chi connectivity index (χ2n) is 6.06. The molecule has 1 N–H and O–H groups in total. The molecule has 3 aliphatic heterocycles. The van der Waals surface area contributed by atoms with Crippen molar-refractivity contribution in [3.8, 4) is 0 Å². The molecule has 0 saturated carbocycles. The maximum absolute atomic E-state index is 11.9. The molecule has 2 atom stereocenters. The normalized spacial score (nSPS) is 32.6. The number of nitrogens with zero attached hydrogens (tertiary/aromatic N) is 3. The third-order valence-corrected chi connectivity index (χ3v) is 6.96. The molecular weight excluding hydrogens is 276 g/mol. The summed E-state index contributed by atoms with van der Waals surface area (Å²) in [5.74, 6) is 0.325. The van der Waals surface area contributed by atoms with Gasteiger partial charge in [0.25, 0.3) is 0 Å². The number of fused-ring (bicyclic) bond motifs is 4. The summed E-state index contributed by atoms with van der Waals surface area (Å²) >= 11 is 0. The van der Waals surface area contributed by atoms with Crippen LogP contribution >= 0.6 is 0 Å². The molecule has 2 unspecified atom stereocenters. The van der Waals surface area contributed by atoms with Crippen LogP contribution in [0.3, 0.4) is 0 Å². The number of aromatic amines is 1. The number of hydrogen-bond donors (Lipinski definition) is 1. The summed E-state index contributed by atoms with van der Waals surface area (Å²) in [6.07, 6.45) is 6.13. The van der Waals surface area contributed by atoms with Crippen LogP contribution in [0.4, 0.5) is 0 Å². The van der Waals surface area contributed by atoms with Crippen molar-refractivity contribution in [2.45, 2.75) is 37.8 Å². The first-order valence-electron chi connectivity index (χ1n) is 7.41. The zero-order valence-electron chi connectivity index (χ0n) is 11.5. The highest BCUT2D eigenvalue weighted by Gasteiger charge is 2.41. The Hall–Kier alpha value is -0.920. The van der Waals surface area contributed by atoms with Crippen molar-refractivity contribution in [3.05, 3.63) is 17.5 Å². The molecule has 1 aromatic heterocycles. The molecule has 110 valence electrons. The summed E-state index contributed by atoms with van der Waals surface area (Å²) in [7, 11) is -2.96. The molecule has 0 aliphatic carbocycles. The third-order valence-electron chi connectivity index (χ3n) is 5.00. The summed E-state index contributed by atoms with van der Waals surface area (Å²) in [6.45, 7) is 2.18. The zero-order valence-corrected chi connectivity index (χ0v) is 12.3. The number of H-pyrrole nitrogens is 1. The lowest BCUT2D eigenvalue weighted by molar-refractivity contribution is 0.167. The van der Waals surface area contributed by atoms with Gasteiger partial charge in [0.2, 0.25) is 10.0 Å². The van der Waals surface area contributed by atoms with E-state index in [1.54, 1.807) is 4.31 Å². The number of rotatable bonds is 3. The Morgan fingerprint density at radius 3 is 3.05 bits per heavy atom. The second-order valence-corrected chi connectivity index (χ2v) is 8.15. The van der Waals surface area contributed by atoms with Gasteiger partial charge in [-0.25, -0.2) is 12.7 Å². The van der Waals surface area contributed by atoms with Crippen LogP contribution in [0.15, 0.2) is 6.20 Å². The van der Waals surface area contributed by atoms with Crippen LogP contribution in [0.2, 0.25) is 0 Å². The Balaban J connectivity index is 1.48. The van der Waals surface area contributed by atoms with Gasteiger partial charge in [-0.3, -0.25) is 10.00 Å². The summed E-state index contributed by atoms with van der Waals surface area (Å²) in [5.41, 5.74) is 2.60. The molecule has 4 rings (SSSR count). The molecule has 1 aromatic rings. The van der Waals surface area contributed by atoms with E-state index < -0.39 is 10.0 Å². The minimum Gasteiger partial charge on any atom is -0.292 e. The summed E-state index contributed by atoms with van der Waals surface area (Å²) < 4.78 is 25.4. The lowest BCUT2D eigenvalue weighted by Gasteiger charge is -2.35. The van der Waals surface area contributed by atoms with E-state index in [1.807, 2.05) is 6.20 Å². The number of nitrogens with one attached hydrogen (secondary N) is 1. The molecule has 0 amide bonds. The lowest BCUT2D eigenvalue weighted by Crippen LogP contribution is -2.42. The summed E-state index contributed by atoms with van der Waals surface area (Å²) in [5, 5.41) is 7.27. The molecular formula is C13H20N4O2S. The zero-order chi connectivity index (χ0) is 13.7. The first kappa shape index (κ1) is 12.8. The van der Waals surface area contributed by atoms with Gasteiger partial charge in [-0.05, 0) is 19.3 Å². The Morgan fingerprint density at radius 2 is 2.25 bits per heavy atom. The van der Waals surface area contributed by atoms with E-state index in [0.29, 0.717) is 30.9 Å². The highest BCUT2D eigenvalue weighted by atomic mass is 32.2. The van der Waals surface area contributed by atoms with Crippen molar-refractivity contribution in [1.82, 2.24) is 19.4 Å². The molecule has 0 spiro atoms. The van der Waals surface area contributed by atoms with E-state index >= 15 is 0 Å². The van der Waals surface area contributed by atoms with Crippen molar-refractivity contribution >= 4 is 10.0 Å². The molecule has 6 nitrogen and oxygen atoms in total. The second kappa shape index (κ2) is 4.54. The molecule has 20 heavy (non-hydrogen) atoms. The van der Waals surface area contributed by atoms with E-state index in [9.17, 15) is 8.42 Å². The van der Waals surface area contributed by atoms with Gasteiger partial charge in [-0.15, -0.1) is 0 Å². The maximum Gasteiger partial charge on any atom is 0.214 e. The fraction of sp³-hybridized carbons (Fsp3) is 0.769. The topological polar surface area (TPSA) is 69.3 Å². The predicted molar refractivity (Wildman–Crippen MR) is 74.7 cm³/mol. The average molecular weight is 296 g/mol. The van der Waals surface area contributed by atoms with Gasteiger partial charge >= 0.3 is 0 Å². The van der Waals surface area contributed by atoms with Crippen LogP contribution in [0, 0.1) is 0 Å². The van der Waals surface area contributed by atoms with Crippen molar-refractivity contribution in [2.24, 2.45) is 0 Å². The molecule has 0 radical (unpaired) electrons. The van der Waals surface area contributed by atoms with E-state index in [-0.39, 0.29) is 0 Å². The fourth-order valence-electron chi connectivity index (χ4n) is 4.01. The molecule has 0 aromatic carbocycles. The molecule has 4 heterocycles.